The third-order valence-corrected chi connectivity index (χ3v) is 4.48. The molecule has 0 aliphatic heterocycles. The Balaban J connectivity index is 1.72. The molecule has 2 atom stereocenters. The Morgan fingerprint density at radius 2 is 1.68 bits per heavy atom. The number of rotatable bonds is 6. The molecule has 1 saturated carbocycles. The summed E-state index contributed by atoms with van der Waals surface area (Å²) in [7, 11) is 0. The van der Waals surface area contributed by atoms with Crippen molar-refractivity contribution in [3.8, 4) is 0 Å². The highest BCUT2D eigenvalue weighted by molar-refractivity contribution is 5.74. The number of carbonyl (C=O) groups is 1. The van der Waals surface area contributed by atoms with E-state index in [9.17, 15) is 31.1 Å². The molecule has 1 aromatic rings. The van der Waals surface area contributed by atoms with Crippen LogP contribution in [0.5, 0.6) is 0 Å². The molecule has 0 bridgehead atoms. The van der Waals surface area contributed by atoms with Crippen molar-refractivity contribution in [3.05, 3.63) is 35.4 Å². The number of amides is 2. The molecule has 0 aromatic heterocycles. The summed E-state index contributed by atoms with van der Waals surface area (Å²) in [5, 5.41) is 5.14. The Morgan fingerprint density at radius 3 is 2.29 bits per heavy atom. The molecular formula is C18H22F6N2O2. The van der Waals surface area contributed by atoms with Gasteiger partial charge in [-0.05, 0) is 30.4 Å². The highest BCUT2D eigenvalue weighted by Gasteiger charge is 2.42. The molecule has 1 aromatic carbocycles. The van der Waals surface area contributed by atoms with Crippen molar-refractivity contribution in [3.63, 3.8) is 0 Å². The van der Waals surface area contributed by atoms with Gasteiger partial charge in [-0.1, -0.05) is 30.7 Å². The van der Waals surface area contributed by atoms with Crippen LogP contribution in [0.2, 0.25) is 0 Å². The number of hydrogen-bond donors (Lipinski definition) is 2. The van der Waals surface area contributed by atoms with Crippen LogP contribution in [0.15, 0.2) is 24.3 Å². The summed E-state index contributed by atoms with van der Waals surface area (Å²) in [6.45, 7) is -1.37. The van der Waals surface area contributed by atoms with Crippen LogP contribution in [0.1, 0.15) is 36.8 Å². The topological polar surface area (TPSA) is 50.4 Å². The molecule has 0 radical (unpaired) electrons. The Hall–Kier alpha value is -1.97. The Bertz CT molecular complexity index is 630. The predicted molar refractivity (Wildman–Crippen MR) is 89.3 cm³/mol. The van der Waals surface area contributed by atoms with Gasteiger partial charge in [0.1, 0.15) is 6.61 Å². The Kier molecular flexibility index (Phi) is 7.56. The molecule has 0 saturated heterocycles. The largest absolute Gasteiger partial charge is 0.411 e. The van der Waals surface area contributed by atoms with Gasteiger partial charge in [-0.3, -0.25) is 0 Å². The van der Waals surface area contributed by atoms with Crippen molar-refractivity contribution in [2.75, 3.05) is 6.61 Å². The summed E-state index contributed by atoms with van der Waals surface area (Å²) in [6.07, 6.45) is -7.75. The maximum Gasteiger partial charge on any atom is 0.411 e. The maximum absolute atomic E-state index is 12.8. The van der Waals surface area contributed by atoms with Crippen LogP contribution in [-0.4, -0.2) is 31.0 Å². The fourth-order valence-corrected chi connectivity index (χ4v) is 3.07. The lowest BCUT2D eigenvalue weighted by Crippen LogP contribution is -2.45. The monoisotopic (exact) mass is 412 g/mol. The first-order chi connectivity index (χ1) is 13.0. The molecule has 1 fully saturated rings. The van der Waals surface area contributed by atoms with Crippen LogP contribution in [0.25, 0.3) is 0 Å². The van der Waals surface area contributed by atoms with E-state index in [-0.39, 0.29) is 26.0 Å². The summed E-state index contributed by atoms with van der Waals surface area (Å²) in [4.78, 5) is 11.9. The number of halogens is 6. The molecule has 0 heterocycles. The van der Waals surface area contributed by atoms with E-state index in [2.05, 4.69) is 15.4 Å². The summed E-state index contributed by atoms with van der Waals surface area (Å²) in [5.41, 5.74) is 1.25. The van der Waals surface area contributed by atoms with E-state index in [1.807, 2.05) is 0 Å². The highest BCUT2D eigenvalue weighted by Crippen LogP contribution is 2.37. The number of ether oxygens (including phenoxy) is 1. The van der Waals surface area contributed by atoms with E-state index in [0.717, 1.165) is 0 Å². The average Bonchev–Trinajstić information content (AvgIpc) is 2.59. The number of carbonyl (C=O) groups excluding carboxylic acids is 1. The van der Waals surface area contributed by atoms with Crippen LogP contribution in [-0.2, 0) is 17.9 Å². The molecule has 2 N–H and O–H groups in total. The number of alkyl halides is 6. The highest BCUT2D eigenvalue weighted by atomic mass is 19.4. The van der Waals surface area contributed by atoms with E-state index in [1.54, 1.807) is 24.3 Å². The Morgan fingerprint density at radius 1 is 1.04 bits per heavy atom. The van der Waals surface area contributed by atoms with Gasteiger partial charge in [0.25, 0.3) is 0 Å². The van der Waals surface area contributed by atoms with E-state index in [0.29, 0.717) is 24.0 Å². The molecule has 2 rings (SSSR count). The number of hydrogen-bond acceptors (Lipinski definition) is 2. The minimum Gasteiger partial charge on any atom is -0.367 e. The van der Waals surface area contributed by atoms with Crippen molar-refractivity contribution in [1.29, 1.82) is 0 Å². The zero-order valence-corrected chi connectivity index (χ0v) is 15.0. The van der Waals surface area contributed by atoms with E-state index >= 15 is 0 Å². The zero-order chi connectivity index (χ0) is 20.8. The first kappa shape index (κ1) is 22.3. The average molecular weight is 412 g/mol. The quantitative estimate of drug-likeness (QED) is 0.667. The fourth-order valence-electron chi connectivity index (χ4n) is 3.07. The van der Waals surface area contributed by atoms with Crippen molar-refractivity contribution in [2.45, 2.75) is 57.2 Å². The predicted octanol–water partition coefficient (Wildman–Crippen LogP) is 4.69. The van der Waals surface area contributed by atoms with Gasteiger partial charge < -0.3 is 15.4 Å². The first-order valence-electron chi connectivity index (χ1n) is 8.86. The summed E-state index contributed by atoms with van der Waals surface area (Å²) in [5.74, 6) is -1.39. The molecule has 2 amide bonds. The summed E-state index contributed by atoms with van der Waals surface area (Å²) >= 11 is 0. The van der Waals surface area contributed by atoms with Crippen LogP contribution in [0.3, 0.4) is 0 Å². The molecule has 1 aliphatic carbocycles. The lowest BCUT2D eigenvalue weighted by Gasteiger charge is -2.31. The molecule has 28 heavy (non-hydrogen) atoms. The third kappa shape index (κ3) is 7.95. The van der Waals surface area contributed by atoms with Crippen molar-refractivity contribution < 1.29 is 35.9 Å². The third-order valence-electron chi connectivity index (χ3n) is 4.48. The Labute approximate surface area is 158 Å². The minimum absolute atomic E-state index is 0.0856. The van der Waals surface area contributed by atoms with E-state index < -0.39 is 37.0 Å². The minimum atomic E-state index is -4.38. The molecule has 2 unspecified atom stereocenters. The standard InChI is InChI=1S/C18H22F6N2O2/c19-17(20,21)11-28-10-13-6-4-12(5-7-13)9-25-16(27)26-15-3-1-2-14(8-15)18(22,23)24/h4-7,14-15H,1-3,8-11H2,(H2,25,26,27). The van der Waals surface area contributed by atoms with Crippen molar-refractivity contribution >= 4 is 6.03 Å². The summed E-state index contributed by atoms with van der Waals surface area (Å²) < 4.78 is 79.0. The van der Waals surface area contributed by atoms with Gasteiger partial charge in [-0.25, -0.2) is 4.79 Å². The van der Waals surface area contributed by atoms with Crippen LogP contribution in [0, 0.1) is 5.92 Å². The first-order valence-corrected chi connectivity index (χ1v) is 8.86. The normalized spacial score (nSPS) is 20.6. The summed E-state index contributed by atoms with van der Waals surface area (Å²) in [6, 6.07) is 5.36. The second-order valence-electron chi connectivity index (χ2n) is 6.85. The molecule has 10 heteroatoms. The second kappa shape index (κ2) is 9.49. The van der Waals surface area contributed by atoms with Gasteiger partial charge in [-0.15, -0.1) is 0 Å². The SMILES string of the molecule is O=C(NCc1ccc(COCC(F)(F)F)cc1)NC1CCCC(C(F)(F)F)C1. The van der Waals surface area contributed by atoms with Crippen molar-refractivity contribution in [1.82, 2.24) is 10.6 Å². The molecule has 158 valence electrons. The van der Waals surface area contributed by atoms with Crippen LogP contribution < -0.4 is 10.6 Å². The van der Waals surface area contributed by atoms with E-state index in [1.165, 1.54) is 0 Å². The van der Waals surface area contributed by atoms with Gasteiger partial charge in [0.05, 0.1) is 12.5 Å². The number of nitrogens with one attached hydrogen (secondary N) is 2. The van der Waals surface area contributed by atoms with Crippen LogP contribution in [0.4, 0.5) is 31.1 Å². The van der Waals surface area contributed by atoms with Gasteiger partial charge in [-0.2, -0.15) is 26.3 Å². The zero-order valence-electron chi connectivity index (χ0n) is 15.0. The molecule has 4 nitrogen and oxygen atoms in total. The molecule has 0 spiro atoms. The van der Waals surface area contributed by atoms with Crippen LogP contribution >= 0.6 is 0 Å². The fraction of sp³-hybridized carbons (Fsp3) is 0.611. The molecule has 1 aliphatic rings. The lowest BCUT2D eigenvalue weighted by molar-refractivity contribution is -0.183. The van der Waals surface area contributed by atoms with Crippen molar-refractivity contribution in [2.24, 2.45) is 5.92 Å². The number of benzene rings is 1. The van der Waals surface area contributed by atoms with E-state index in [4.69, 9.17) is 0 Å². The second-order valence-corrected chi connectivity index (χ2v) is 6.85. The number of urea groups is 1. The van der Waals surface area contributed by atoms with Gasteiger partial charge >= 0.3 is 18.4 Å². The van der Waals surface area contributed by atoms with Gasteiger partial charge in [0.2, 0.25) is 0 Å². The smallest absolute Gasteiger partial charge is 0.367 e. The maximum atomic E-state index is 12.8. The van der Waals surface area contributed by atoms with Gasteiger partial charge in [0, 0.05) is 12.6 Å². The lowest BCUT2D eigenvalue weighted by atomic mass is 9.85. The van der Waals surface area contributed by atoms with Gasteiger partial charge in [0.15, 0.2) is 0 Å². The molecular weight excluding hydrogens is 390 g/mol.